The quantitative estimate of drug-likeness (QED) is 0.761. The summed E-state index contributed by atoms with van der Waals surface area (Å²) in [6.07, 6.45) is 0. The molecule has 0 saturated heterocycles. The predicted octanol–water partition coefficient (Wildman–Crippen LogP) is 3.99. The van der Waals surface area contributed by atoms with Crippen molar-refractivity contribution in [3.05, 3.63) is 65.5 Å². The SMILES string of the molecule is N#Cc1ccc(CSc2ccccc2)c(F)c1. The molecular formula is C14H10FNS. The van der Waals surface area contributed by atoms with E-state index in [9.17, 15) is 4.39 Å². The van der Waals surface area contributed by atoms with Crippen LogP contribution in [0.15, 0.2) is 53.4 Å². The molecule has 0 unspecified atom stereocenters. The number of halogens is 1. The van der Waals surface area contributed by atoms with Crippen LogP contribution >= 0.6 is 11.8 Å². The van der Waals surface area contributed by atoms with E-state index in [1.54, 1.807) is 23.9 Å². The monoisotopic (exact) mass is 243 g/mol. The van der Waals surface area contributed by atoms with Gasteiger partial charge in [0.25, 0.3) is 0 Å². The average Bonchev–Trinajstić information content (AvgIpc) is 2.38. The highest BCUT2D eigenvalue weighted by atomic mass is 32.2. The maximum absolute atomic E-state index is 13.6. The summed E-state index contributed by atoms with van der Waals surface area (Å²) in [7, 11) is 0. The van der Waals surface area contributed by atoms with E-state index in [0.717, 1.165) is 4.90 Å². The fraction of sp³-hybridized carbons (Fsp3) is 0.0714. The van der Waals surface area contributed by atoms with Crippen LogP contribution in [0.2, 0.25) is 0 Å². The van der Waals surface area contributed by atoms with E-state index in [0.29, 0.717) is 16.9 Å². The molecule has 3 heteroatoms. The highest BCUT2D eigenvalue weighted by Gasteiger charge is 2.04. The van der Waals surface area contributed by atoms with Crippen molar-refractivity contribution in [2.75, 3.05) is 0 Å². The third-order valence-electron chi connectivity index (χ3n) is 2.32. The Labute approximate surface area is 104 Å². The molecule has 2 aromatic carbocycles. The van der Waals surface area contributed by atoms with E-state index < -0.39 is 0 Å². The largest absolute Gasteiger partial charge is 0.207 e. The Morgan fingerprint density at radius 2 is 1.88 bits per heavy atom. The minimum atomic E-state index is -0.313. The molecule has 0 bridgehead atoms. The molecule has 84 valence electrons. The predicted molar refractivity (Wildman–Crippen MR) is 67.1 cm³/mol. The first-order chi connectivity index (χ1) is 8.29. The van der Waals surface area contributed by atoms with Crippen LogP contribution in [0.1, 0.15) is 11.1 Å². The summed E-state index contributed by atoms with van der Waals surface area (Å²) in [5.74, 6) is 0.258. The number of nitrogens with zero attached hydrogens (tertiary/aromatic N) is 1. The first-order valence-electron chi connectivity index (χ1n) is 5.16. The van der Waals surface area contributed by atoms with Crippen LogP contribution in [-0.4, -0.2) is 0 Å². The molecule has 0 aliphatic rings. The van der Waals surface area contributed by atoms with Crippen molar-refractivity contribution < 1.29 is 4.39 Å². The zero-order valence-electron chi connectivity index (χ0n) is 9.06. The van der Waals surface area contributed by atoms with Crippen LogP contribution in [0.3, 0.4) is 0 Å². The van der Waals surface area contributed by atoms with Gasteiger partial charge in [0.2, 0.25) is 0 Å². The molecule has 17 heavy (non-hydrogen) atoms. The molecule has 0 aromatic heterocycles. The molecule has 2 aromatic rings. The third-order valence-corrected chi connectivity index (χ3v) is 3.38. The molecule has 2 rings (SSSR count). The van der Waals surface area contributed by atoms with Gasteiger partial charge >= 0.3 is 0 Å². The van der Waals surface area contributed by atoms with Crippen LogP contribution in [0, 0.1) is 17.1 Å². The normalized spacial score (nSPS) is 9.88. The van der Waals surface area contributed by atoms with Crippen molar-refractivity contribution in [3.8, 4) is 6.07 Å². The molecule has 0 aliphatic carbocycles. The summed E-state index contributed by atoms with van der Waals surface area (Å²) < 4.78 is 13.6. The van der Waals surface area contributed by atoms with Crippen LogP contribution in [-0.2, 0) is 5.75 Å². The van der Waals surface area contributed by atoms with Crippen molar-refractivity contribution in [1.29, 1.82) is 5.26 Å². The van der Waals surface area contributed by atoms with E-state index in [-0.39, 0.29) is 5.82 Å². The van der Waals surface area contributed by atoms with Crippen molar-refractivity contribution in [2.45, 2.75) is 10.6 Å². The van der Waals surface area contributed by atoms with Gasteiger partial charge in [-0.1, -0.05) is 24.3 Å². The van der Waals surface area contributed by atoms with E-state index in [4.69, 9.17) is 5.26 Å². The molecule has 0 atom stereocenters. The van der Waals surface area contributed by atoms with Gasteiger partial charge in [0.15, 0.2) is 0 Å². The summed E-state index contributed by atoms with van der Waals surface area (Å²) in [6.45, 7) is 0. The maximum atomic E-state index is 13.6. The van der Waals surface area contributed by atoms with E-state index >= 15 is 0 Å². The number of nitriles is 1. The topological polar surface area (TPSA) is 23.8 Å². The zero-order chi connectivity index (χ0) is 12.1. The maximum Gasteiger partial charge on any atom is 0.128 e. The van der Waals surface area contributed by atoms with Gasteiger partial charge in [-0.3, -0.25) is 0 Å². The number of hydrogen-bond acceptors (Lipinski definition) is 2. The molecule has 0 heterocycles. The Morgan fingerprint density at radius 1 is 1.12 bits per heavy atom. The van der Waals surface area contributed by atoms with Crippen molar-refractivity contribution in [1.82, 2.24) is 0 Å². The fourth-order valence-electron chi connectivity index (χ4n) is 1.41. The Kier molecular flexibility index (Phi) is 3.79. The van der Waals surface area contributed by atoms with Gasteiger partial charge in [-0.05, 0) is 29.8 Å². The Morgan fingerprint density at radius 3 is 2.53 bits per heavy atom. The molecule has 1 nitrogen and oxygen atoms in total. The van der Waals surface area contributed by atoms with Gasteiger partial charge in [0, 0.05) is 10.6 Å². The van der Waals surface area contributed by atoms with E-state index in [2.05, 4.69) is 0 Å². The van der Waals surface area contributed by atoms with Crippen LogP contribution in [0.4, 0.5) is 4.39 Å². The molecular weight excluding hydrogens is 233 g/mol. The first-order valence-corrected chi connectivity index (χ1v) is 6.14. The first kappa shape index (κ1) is 11.7. The summed E-state index contributed by atoms with van der Waals surface area (Å²) >= 11 is 1.58. The number of rotatable bonds is 3. The summed E-state index contributed by atoms with van der Waals surface area (Å²) in [4.78, 5) is 1.11. The molecule has 0 aliphatic heterocycles. The van der Waals surface area contributed by atoms with Crippen LogP contribution in [0.5, 0.6) is 0 Å². The van der Waals surface area contributed by atoms with Gasteiger partial charge in [0.05, 0.1) is 11.6 Å². The van der Waals surface area contributed by atoms with Crippen molar-refractivity contribution >= 4 is 11.8 Å². The molecule has 0 spiro atoms. The van der Waals surface area contributed by atoms with Gasteiger partial charge < -0.3 is 0 Å². The fourth-order valence-corrected chi connectivity index (χ4v) is 2.32. The number of hydrogen-bond donors (Lipinski definition) is 0. The minimum absolute atomic E-state index is 0.313. The number of benzene rings is 2. The summed E-state index contributed by atoms with van der Waals surface area (Å²) in [5.41, 5.74) is 0.980. The van der Waals surface area contributed by atoms with Crippen LogP contribution < -0.4 is 0 Å². The standard InChI is InChI=1S/C14H10FNS/c15-14-8-11(9-16)6-7-12(14)10-17-13-4-2-1-3-5-13/h1-8H,10H2. The lowest BCUT2D eigenvalue weighted by atomic mass is 10.1. The van der Waals surface area contributed by atoms with Gasteiger partial charge in [-0.2, -0.15) is 5.26 Å². The smallest absolute Gasteiger partial charge is 0.128 e. The van der Waals surface area contributed by atoms with Crippen molar-refractivity contribution in [3.63, 3.8) is 0 Å². The third kappa shape index (κ3) is 3.08. The Hall–Kier alpha value is -1.79. The van der Waals surface area contributed by atoms with Gasteiger partial charge in [-0.15, -0.1) is 11.8 Å². The van der Waals surface area contributed by atoms with E-state index in [1.807, 2.05) is 36.4 Å². The van der Waals surface area contributed by atoms with Crippen LogP contribution in [0.25, 0.3) is 0 Å². The Balaban J connectivity index is 2.08. The molecule has 0 radical (unpaired) electrons. The second kappa shape index (κ2) is 5.51. The van der Waals surface area contributed by atoms with Gasteiger partial charge in [-0.25, -0.2) is 4.39 Å². The molecule has 0 fully saturated rings. The summed E-state index contributed by atoms with van der Waals surface area (Å²) in [6, 6.07) is 16.4. The lowest BCUT2D eigenvalue weighted by molar-refractivity contribution is 0.617. The lowest BCUT2D eigenvalue weighted by Crippen LogP contribution is -1.88. The molecule has 0 N–H and O–H groups in total. The highest BCUT2D eigenvalue weighted by Crippen LogP contribution is 2.23. The lowest BCUT2D eigenvalue weighted by Gasteiger charge is -2.03. The number of thioether (sulfide) groups is 1. The van der Waals surface area contributed by atoms with E-state index in [1.165, 1.54) is 6.07 Å². The highest BCUT2D eigenvalue weighted by molar-refractivity contribution is 7.98. The Bertz CT molecular complexity index is 546. The molecule has 0 amide bonds. The zero-order valence-corrected chi connectivity index (χ0v) is 9.88. The average molecular weight is 243 g/mol. The second-order valence-corrected chi connectivity index (χ2v) is 4.57. The minimum Gasteiger partial charge on any atom is -0.207 e. The van der Waals surface area contributed by atoms with Crippen molar-refractivity contribution in [2.24, 2.45) is 0 Å². The summed E-state index contributed by atoms with van der Waals surface area (Å²) in [5, 5.41) is 8.64. The second-order valence-electron chi connectivity index (χ2n) is 3.52. The molecule has 0 saturated carbocycles. The van der Waals surface area contributed by atoms with Gasteiger partial charge in [0.1, 0.15) is 5.82 Å².